The van der Waals surface area contributed by atoms with E-state index in [0.29, 0.717) is 12.8 Å². The summed E-state index contributed by atoms with van der Waals surface area (Å²) in [6.45, 7) is 4.60. The van der Waals surface area contributed by atoms with Crippen molar-refractivity contribution in [1.82, 2.24) is 0 Å². The molecule has 0 aromatic heterocycles. The third-order valence-corrected chi connectivity index (χ3v) is 12.7. The predicted molar refractivity (Wildman–Crippen MR) is 253 cm³/mol. The number of esters is 2. The molecule has 340 valence electrons. The summed E-state index contributed by atoms with van der Waals surface area (Å²) in [6, 6.07) is 0. The predicted octanol–water partition coefficient (Wildman–Crippen LogP) is 19.6. The van der Waals surface area contributed by atoms with E-state index in [9.17, 15) is 9.59 Å². The topological polar surface area (TPSA) is 43.4 Å². The van der Waals surface area contributed by atoms with Crippen LogP contribution >= 0.6 is 0 Å². The molecule has 0 aliphatic rings. The van der Waals surface area contributed by atoms with E-state index >= 15 is 0 Å². The van der Waals surface area contributed by atoms with Crippen molar-refractivity contribution in [3.8, 4) is 0 Å². The van der Waals surface area contributed by atoms with E-state index in [1.165, 1.54) is 283 Å². The molecule has 0 spiro atoms. The number of ether oxygens (including phenoxy) is 1. The second-order valence-electron chi connectivity index (χ2n) is 18.6. The molecule has 57 heavy (non-hydrogen) atoms. The van der Waals surface area contributed by atoms with Crippen molar-refractivity contribution < 1.29 is 14.3 Å². The van der Waals surface area contributed by atoms with Gasteiger partial charge in [0.05, 0.1) is 0 Å². The third kappa shape index (κ3) is 51.2. The Hall–Kier alpha value is -0.860. The van der Waals surface area contributed by atoms with E-state index in [1.807, 2.05) is 0 Å². The second-order valence-corrected chi connectivity index (χ2v) is 18.6. The van der Waals surface area contributed by atoms with E-state index in [2.05, 4.69) is 13.8 Å². The van der Waals surface area contributed by atoms with Gasteiger partial charge in [-0.1, -0.05) is 309 Å². The zero-order valence-corrected chi connectivity index (χ0v) is 39.6. The summed E-state index contributed by atoms with van der Waals surface area (Å²) in [5.74, 6) is -0.633. The highest BCUT2D eigenvalue weighted by atomic mass is 16.6. The molecule has 0 aliphatic heterocycles. The summed E-state index contributed by atoms with van der Waals surface area (Å²) in [6.07, 6.45) is 66.7. The van der Waals surface area contributed by atoms with Crippen LogP contribution in [0.15, 0.2) is 0 Å². The summed E-state index contributed by atoms with van der Waals surface area (Å²) in [5, 5.41) is 0. The average Bonchev–Trinajstić information content (AvgIpc) is 3.21. The van der Waals surface area contributed by atoms with E-state index < -0.39 is 0 Å². The smallest absolute Gasteiger partial charge is 0.313 e. The van der Waals surface area contributed by atoms with Gasteiger partial charge in [-0.15, -0.1) is 0 Å². The molecule has 0 unspecified atom stereocenters. The largest absolute Gasteiger partial charge is 0.393 e. The maximum atomic E-state index is 12.1. The van der Waals surface area contributed by atoms with Gasteiger partial charge in [0, 0.05) is 12.8 Å². The highest BCUT2D eigenvalue weighted by Crippen LogP contribution is 2.18. The van der Waals surface area contributed by atoms with Crippen LogP contribution in [0.5, 0.6) is 0 Å². The lowest BCUT2D eigenvalue weighted by atomic mass is 10.0. The van der Waals surface area contributed by atoms with Crippen LogP contribution in [0.1, 0.15) is 335 Å². The van der Waals surface area contributed by atoms with E-state index in [0.717, 1.165) is 25.7 Å². The van der Waals surface area contributed by atoms with Gasteiger partial charge in [-0.3, -0.25) is 9.59 Å². The van der Waals surface area contributed by atoms with Crippen LogP contribution < -0.4 is 0 Å². The van der Waals surface area contributed by atoms with Crippen LogP contribution in [0, 0.1) is 0 Å². The van der Waals surface area contributed by atoms with Crippen LogP contribution in [-0.2, 0) is 14.3 Å². The Morgan fingerprint density at radius 3 is 0.474 bits per heavy atom. The SMILES string of the molecule is CCCCCCCCCCCCCCCCCCCCCCCCCCC(=O)OC(=O)CCCCCCCCCCCCCCCCCCCCCCCCCC. The first-order valence-electron chi connectivity index (χ1n) is 26.9. The van der Waals surface area contributed by atoms with Crippen molar-refractivity contribution in [2.45, 2.75) is 335 Å². The molecular formula is C54H106O3. The minimum atomic E-state index is -0.317. The molecule has 0 heterocycles. The molecule has 0 radical (unpaired) electrons. The van der Waals surface area contributed by atoms with Crippen LogP contribution in [0.25, 0.3) is 0 Å². The maximum Gasteiger partial charge on any atom is 0.313 e. The van der Waals surface area contributed by atoms with Gasteiger partial charge in [-0.25, -0.2) is 0 Å². The normalized spacial score (nSPS) is 11.5. The van der Waals surface area contributed by atoms with Crippen molar-refractivity contribution in [1.29, 1.82) is 0 Å². The lowest BCUT2D eigenvalue weighted by molar-refractivity contribution is -0.159. The Bertz CT molecular complexity index is 700. The van der Waals surface area contributed by atoms with E-state index in [-0.39, 0.29) is 11.9 Å². The van der Waals surface area contributed by atoms with Gasteiger partial charge in [0.15, 0.2) is 0 Å². The van der Waals surface area contributed by atoms with Crippen LogP contribution in [-0.4, -0.2) is 11.9 Å². The maximum absolute atomic E-state index is 12.1. The summed E-state index contributed by atoms with van der Waals surface area (Å²) >= 11 is 0. The molecule has 0 N–H and O–H groups in total. The molecule has 0 aromatic rings. The minimum absolute atomic E-state index is 0.317. The minimum Gasteiger partial charge on any atom is -0.393 e. The quantitative estimate of drug-likeness (QED) is 0.0350. The van der Waals surface area contributed by atoms with Crippen LogP contribution in [0.4, 0.5) is 0 Å². The van der Waals surface area contributed by atoms with Gasteiger partial charge in [0.1, 0.15) is 0 Å². The van der Waals surface area contributed by atoms with Gasteiger partial charge in [0.2, 0.25) is 0 Å². The number of carbonyl (C=O) groups is 2. The number of hydrogen-bond donors (Lipinski definition) is 0. The Balaban J connectivity index is 3.23. The molecule has 0 atom stereocenters. The zero-order valence-electron chi connectivity index (χ0n) is 39.6. The van der Waals surface area contributed by atoms with Crippen molar-refractivity contribution >= 4 is 11.9 Å². The number of carbonyl (C=O) groups excluding carboxylic acids is 2. The fraction of sp³-hybridized carbons (Fsp3) is 0.963. The van der Waals surface area contributed by atoms with Gasteiger partial charge in [0.25, 0.3) is 0 Å². The van der Waals surface area contributed by atoms with Gasteiger partial charge in [-0.05, 0) is 12.8 Å². The molecule has 0 amide bonds. The highest BCUT2D eigenvalue weighted by molar-refractivity contribution is 5.85. The van der Waals surface area contributed by atoms with Crippen molar-refractivity contribution in [2.24, 2.45) is 0 Å². The number of rotatable bonds is 50. The molecule has 0 saturated heterocycles. The van der Waals surface area contributed by atoms with Crippen LogP contribution in [0.2, 0.25) is 0 Å². The van der Waals surface area contributed by atoms with Crippen molar-refractivity contribution in [2.75, 3.05) is 0 Å². The Morgan fingerprint density at radius 1 is 0.211 bits per heavy atom. The fourth-order valence-corrected chi connectivity index (χ4v) is 8.69. The third-order valence-electron chi connectivity index (χ3n) is 12.7. The van der Waals surface area contributed by atoms with Crippen molar-refractivity contribution in [3.05, 3.63) is 0 Å². The second kappa shape index (κ2) is 51.3. The molecule has 3 heteroatoms. The van der Waals surface area contributed by atoms with Gasteiger partial charge in [-0.2, -0.15) is 0 Å². The summed E-state index contributed by atoms with van der Waals surface area (Å²) in [5.41, 5.74) is 0. The Morgan fingerprint density at radius 2 is 0.333 bits per heavy atom. The standard InChI is InChI=1S/C54H106O3/c1-3-5-7-9-11-13-15-17-19-21-23-25-27-29-31-33-35-37-39-41-43-45-47-49-51-53(55)57-54(56)52-50-48-46-44-42-40-38-36-34-32-30-28-26-24-22-20-18-16-14-12-10-8-6-4-2/h3-52H2,1-2H3. The molecule has 0 aliphatic carbocycles. The number of hydrogen-bond acceptors (Lipinski definition) is 3. The Kier molecular flexibility index (Phi) is 50.5. The zero-order chi connectivity index (χ0) is 41.2. The average molecular weight is 803 g/mol. The Labute approximate surface area is 360 Å². The first-order valence-corrected chi connectivity index (χ1v) is 26.9. The number of unbranched alkanes of at least 4 members (excludes halogenated alkanes) is 46. The first kappa shape index (κ1) is 56.1. The monoisotopic (exact) mass is 803 g/mol. The molecule has 0 rings (SSSR count). The lowest BCUT2D eigenvalue weighted by Crippen LogP contribution is -2.11. The molecular weight excluding hydrogens is 697 g/mol. The molecule has 0 aromatic carbocycles. The highest BCUT2D eigenvalue weighted by Gasteiger charge is 2.10. The molecule has 3 nitrogen and oxygen atoms in total. The van der Waals surface area contributed by atoms with Crippen molar-refractivity contribution in [3.63, 3.8) is 0 Å². The molecule has 0 bridgehead atoms. The molecule has 0 fully saturated rings. The van der Waals surface area contributed by atoms with E-state index in [1.54, 1.807) is 0 Å². The lowest BCUT2D eigenvalue weighted by Gasteiger charge is -2.05. The van der Waals surface area contributed by atoms with E-state index in [4.69, 9.17) is 4.74 Å². The summed E-state index contributed by atoms with van der Waals surface area (Å²) in [4.78, 5) is 24.1. The summed E-state index contributed by atoms with van der Waals surface area (Å²) < 4.78 is 5.08. The fourth-order valence-electron chi connectivity index (χ4n) is 8.69. The van der Waals surface area contributed by atoms with Crippen LogP contribution in [0.3, 0.4) is 0 Å². The summed E-state index contributed by atoms with van der Waals surface area (Å²) in [7, 11) is 0. The van der Waals surface area contributed by atoms with Gasteiger partial charge >= 0.3 is 11.9 Å². The first-order chi connectivity index (χ1) is 28.2. The molecule has 0 saturated carbocycles. The van der Waals surface area contributed by atoms with Gasteiger partial charge < -0.3 is 4.74 Å².